The normalized spacial score (nSPS) is 10.2. The molecule has 0 amide bonds. The van der Waals surface area contributed by atoms with E-state index in [2.05, 4.69) is 20.2 Å². The third kappa shape index (κ3) is 1.31. The quantitative estimate of drug-likeness (QED) is 0.679. The smallest absolute Gasteiger partial charge is 0.254 e. The van der Waals surface area contributed by atoms with Gasteiger partial charge in [0.2, 0.25) is 6.39 Å². The van der Waals surface area contributed by atoms with E-state index in [-0.39, 0.29) is 16.9 Å². The van der Waals surface area contributed by atoms with E-state index in [1.54, 1.807) is 0 Å². The van der Waals surface area contributed by atoms with Crippen LogP contribution in [0.1, 0.15) is 0 Å². The summed E-state index contributed by atoms with van der Waals surface area (Å²) in [6.07, 6.45) is 2.44. The molecule has 2 N–H and O–H groups in total. The molecule has 66 valence electrons. The molecule has 0 aliphatic rings. The monoisotopic (exact) mass is 197 g/mol. The van der Waals surface area contributed by atoms with Gasteiger partial charge in [0.25, 0.3) is 5.89 Å². The van der Waals surface area contributed by atoms with Gasteiger partial charge in [0.15, 0.2) is 0 Å². The molecule has 13 heavy (non-hydrogen) atoms. The summed E-state index contributed by atoms with van der Waals surface area (Å²) in [6, 6.07) is 0. The van der Waals surface area contributed by atoms with Gasteiger partial charge in [-0.3, -0.25) is 0 Å². The second kappa shape index (κ2) is 2.98. The highest BCUT2D eigenvalue weighted by Gasteiger charge is 2.14. The molecule has 0 aromatic carbocycles. The summed E-state index contributed by atoms with van der Waals surface area (Å²) in [7, 11) is 0. The maximum absolute atomic E-state index is 5.76. The van der Waals surface area contributed by atoms with Gasteiger partial charge in [-0.25, -0.2) is 9.97 Å². The summed E-state index contributed by atoms with van der Waals surface area (Å²) in [4.78, 5) is 7.49. The van der Waals surface area contributed by atoms with Crippen LogP contribution in [-0.4, -0.2) is 20.2 Å². The summed E-state index contributed by atoms with van der Waals surface area (Å²) in [6.45, 7) is 0. The molecule has 0 saturated carbocycles. The Morgan fingerprint density at radius 3 is 2.85 bits per heavy atom. The molecule has 2 heterocycles. The summed E-state index contributed by atoms with van der Waals surface area (Å²) in [5.41, 5.74) is 5.91. The fraction of sp³-hybridized carbons (Fsp3) is 0. The van der Waals surface area contributed by atoms with Gasteiger partial charge in [0.05, 0.1) is 0 Å². The predicted molar refractivity (Wildman–Crippen MR) is 44.7 cm³/mol. The van der Waals surface area contributed by atoms with Gasteiger partial charge in [-0.05, 0) is 0 Å². The lowest BCUT2D eigenvalue weighted by Gasteiger charge is -1.99. The SMILES string of the molecule is Nc1ncnc(Cl)c1-c1nnco1. The lowest BCUT2D eigenvalue weighted by molar-refractivity contribution is 0.568. The first kappa shape index (κ1) is 7.93. The number of nitrogens with two attached hydrogens (primary N) is 1. The van der Waals surface area contributed by atoms with Crippen molar-refractivity contribution in [2.75, 3.05) is 5.73 Å². The zero-order chi connectivity index (χ0) is 9.26. The van der Waals surface area contributed by atoms with Crippen molar-refractivity contribution >= 4 is 17.4 Å². The van der Waals surface area contributed by atoms with Crippen LogP contribution in [-0.2, 0) is 0 Å². The van der Waals surface area contributed by atoms with E-state index >= 15 is 0 Å². The molecule has 0 atom stereocenters. The van der Waals surface area contributed by atoms with Crippen molar-refractivity contribution < 1.29 is 4.42 Å². The first-order valence-corrected chi connectivity index (χ1v) is 3.69. The number of aromatic nitrogens is 4. The van der Waals surface area contributed by atoms with E-state index < -0.39 is 0 Å². The van der Waals surface area contributed by atoms with Crippen LogP contribution in [0.4, 0.5) is 5.82 Å². The van der Waals surface area contributed by atoms with Crippen molar-refractivity contribution in [2.24, 2.45) is 0 Å². The number of hydrogen-bond donors (Lipinski definition) is 1. The van der Waals surface area contributed by atoms with Crippen LogP contribution in [0.15, 0.2) is 17.1 Å². The van der Waals surface area contributed by atoms with E-state index in [9.17, 15) is 0 Å². The number of hydrogen-bond acceptors (Lipinski definition) is 6. The first-order chi connectivity index (χ1) is 6.29. The van der Waals surface area contributed by atoms with Gasteiger partial charge in [0.1, 0.15) is 22.9 Å². The minimum atomic E-state index is 0.191. The number of nitrogen functional groups attached to an aromatic ring is 1. The highest BCUT2D eigenvalue weighted by molar-refractivity contribution is 6.32. The summed E-state index contributed by atoms with van der Waals surface area (Å²) in [5.74, 6) is 0.423. The lowest BCUT2D eigenvalue weighted by atomic mass is 10.3. The van der Waals surface area contributed by atoms with E-state index in [0.717, 1.165) is 0 Å². The zero-order valence-corrected chi connectivity index (χ0v) is 7.06. The van der Waals surface area contributed by atoms with E-state index in [0.29, 0.717) is 5.56 Å². The maximum Gasteiger partial charge on any atom is 0.254 e. The second-order valence-corrected chi connectivity index (χ2v) is 2.53. The molecule has 0 aliphatic heterocycles. The van der Waals surface area contributed by atoms with Crippen molar-refractivity contribution in [1.29, 1.82) is 0 Å². The second-order valence-electron chi connectivity index (χ2n) is 2.17. The molecular weight excluding hydrogens is 194 g/mol. The minimum Gasteiger partial charge on any atom is -0.423 e. The Labute approximate surface area is 77.8 Å². The summed E-state index contributed by atoms with van der Waals surface area (Å²) >= 11 is 5.76. The molecule has 0 aliphatic carbocycles. The van der Waals surface area contributed by atoms with Crippen LogP contribution in [0.2, 0.25) is 5.15 Å². The molecule has 6 nitrogen and oxygen atoms in total. The standard InChI is InChI=1S/C6H4ClN5O/c7-4-3(5(8)10-1-9-4)6-12-11-2-13-6/h1-2H,(H2,8,9,10). The molecule has 0 spiro atoms. The Hall–Kier alpha value is -1.69. The van der Waals surface area contributed by atoms with Crippen molar-refractivity contribution in [2.45, 2.75) is 0 Å². The third-order valence-electron chi connectivity index (χ3n) is 1.40. The number of rotatable bonds is 1. The fourth-order valence-electron chi connectivity index (χ4n) is 0.856. The van der Waals surface area contributed by atoms with Crippen LogP contribution in [0.5, 0.6) is 0 Å². The van der Waals surface area contributed by atoms with Crippen molar-refractivity contribution in [1.82, 2.24) is 20.2 Å². The molecule has 0 unspecified atom stereocenters. The van der Waals surface area contributed by atoms with E-state index in [4.69, 9.17) is 21.8 Å². The van der Waals surface area contributed by atoms with Gasteiger partial charge < -0.3 is 10.2 Å². The molecule has 2 aromatic rings. The molecule has 2 aromatic heterocycles. The number of nitrogens with zero attached hydrogens (tertiary/aromatic N) is 4. The van der Waals surface area contributed by atoms with Crippen molar-refractivity contribution in [3.05, 3.63) is 17.9 Å². The first-order valence-electron chi connectivity index (χ1n) is 3.31. The predicted octanol–water partition coefficient (Wildman–Crippen LogP) is 0.762. The van der Waals surface area contributed by atoms with Crippen LogP contribution < -0.4 is 5.73 Å². The van der Waals surface area contributed by atoms with Gasteiger partial charge in [-0.1, -0.05) is 11.6 Å². The zero-order valence-electron chi connectivity index (χ0n) is 6.31. The average molecular weight is 198 g/mol. The molecule has 0 radical (unpaired) electrons. The van der Waals surface area contributed by atoms with Crippen LogP contribution in [0.25, 0.3) is 11.5 Å². The van der Waals surface area contributed by atoms with Crippen LogP contribution >= 0.6 is 11.6 Å². The number of anilines is 1. The third-order valence-corrected chi connectivity index (χ3v) is 1.69. The maximum atomic E-state index is 5.76. The van der Waals surface area contributed by atoms with Crippen LogP contribution in [0, 0.1) is 0 Å². The summed E-state index contributed by atoms with van der Waals surface area (Å²) < 4.78 is 4.91. The van der Waals surface area contributed by atoms with E-state index in [1.165, 1.54) is 12.7 Å². The molecule has 0 bridgehead atoms. The Kier molecular flexibility index (Phi) is 1.82. The molecule has 0 saturated heterocycles. The minimum absolute atomic E-state index is 0.191. The largest absolute Gasteiger partial charge is 0.423 e. The highest BCUT2D eigenvalue weighted by atomic mass is 35.5. The Morgan fingerprint density at radius 2 is 2.23 bits per heavy atom. The van der Waals surface area contributed by atoms with E-state index in [1.807, 2.05) is 0 Å². The Bertz CT molecular complexity index is 395. The van der Waals surface area contributed by atoms with Crippen molar-refractivity contribution in [3.63, 3.8) is 0 Å². The molecular formula is C6H4ClN5O. The van der Waals surface area contributed by atoms with Gasteiger partial charge in [-0.15, -0.1) is 10.2 Å². The number of halogens is 1. The topological polar surface area (TPSA) is 90.7 Å². The molecule has 7 heteroatoms. The fourth-order valence-corrected chi connectivity index (χ4v) is 1.08. The average Bonchev–Trinajstić information content (AvgIpc) is 2.57. The van der Waals surface area contributed by atoms with Gasteiger partial charge in [0, 0.05) is 0 Å². The summed E-state index contributed by atoms with van der Waals surface area (Å²) in [5, 5.41) is 7.33. The van der Waals surface area contributed by atoms with Crippen LogP contribution in [0.3, 0.4) is 0 Å². The Morgan fingerprint density at radius 1 is 1.38 bits per heavy atom. The Balaban J connectivity index is 2.64. The van der Waals surface area contributed by atoms with Gasteiger partial charge >= 0.3 is 0 Å². The molecule has 0 fully saturated rings. The molecule has 2 rings (SSSR count). The van der Waals surface area contributed by atoms with Crippen molar-refractivity contribution in [3.8, 4) is 11.5 Å². The van der Waals surface area contributed by atoms with Gasteiger partial charge in [-0.2, -0.15) is 0 Å². The highest BCUT2D eigenvalue weighted by Crippen LogP contribution is 2.27. The lowest BCUT2D eigenvalue weighted by Crippen LogP contribution is -1.96.